The highest BCUT2D eigenvalue weighted by Crippen LogP contribution is 2.29. The summed E-state index contributed by atoms with van der Waals surface area (Å²) in [6.45, 7) is 7.69. The predicted molar refractivity (Wildman–Crippen MR) is 76.0 cm³/mol. The van der Waals surface area contributed by atoms with Crippen molar-refractivity contribution >= 4 is 5.97 Å². The summed E-state index contributed by atoms with van der Waals surface area (Å²) in [5, 5.41) is 3.55. The molecule has 0 aromatic carbocycles. The molecule has 2 fully saturated rings. The van der Waals surface area contributed by atoms with Gasteiger partial charge in [0.2, 0.25) is 0 Å². The molecule has 110 valence electrons. The second-order valence-corrected chi connectivity index (χ2v) is 6.89. The number of esters is 1. The first-order valence-corrected chi connectivity index (χ1v) is 7.54. The highest BCUT2D eigenvalue weighted by molar-refractivity contribution is 5.69. The van der Waals surface area contributed by atoms with Crippen LogP contribution >= 0.6 is 0 Å². The van der Waals surface area contributed by atoms with Crippen molar-refractivity contribution in [1.82, 2.24) is 10.2 Å². The van der Waals surface area contributed by atoms with Gasteiger partial charge in [-0.25, -0.2) is 0 Å². The molecule has 0 radical (unpaired) electrons. The molecular formula is C15H28N2O2. The third kappa shape index (κ3) is 4.18. The smallest absolute Gasteiger partial charge is 0.307 e. The van der Waals surface area contributed by atoms with Crippen LogP contribution in [0.2, 0.25) is 0 Å². The van der Waals surface area contributed by atoms with Gasteiger partial charge in [0, 0.05) is 31.7 Å². The average Bonchev–Trinajstić information content (AvgIpc) is 2.84. The van der Waals surface area contributed by atoms with Crippen LogP contribution < -0.4 is 5.32 Å². The monoisotopic (exact) mass is 268 g/mol. The maximum absolute atomic E-state index is 11.5. The van der Waals surface area contributed by atoms with Crippen molar-refractivity contribution in [2.75, 3.05) is 26.7 Å². The van der Waals surface area contributed by atoms with E-state index in [0.29, 0.717) is 6.42 Å². The highest BCUT2D eigenvalue weighted by atomic mass is 16.5. The SMILES string of the molecule is COC(=O)CC1CN(C2CCCC2)CC(C)(C)CN1. The first-order chi connectivity index (χ1) is 9.00. The molecule has 4 heteroatoms. The van der Waals surface area contributed by atoms with Crippen LogP contribution in [0.5, 0.6) is 0 Å². The van der Waals surface area contributed by atoms with Crippen LogP contribution in [0.1, 0.15) is 46.0 Å². The molecule has 0 amide bonds. The van der Waals surface area contributed by atoms with Gasteiger partial charge >= 0.3 is 5.97 Å². The van der Waals surface area contributed by atoms with Crippen molar-refractivity contribution in [1.29, 1.82) is 0 Å². The van der Waals surface area contributed by atoms with Crippen LogP contribution in [-0.2, 0) is 9.53 Å². The zero-order valence-corrected chi connectivity index (χ0v) is 12.6. The number of methoxy groups -OCH3 is 1. The molecule has 2 rings (SSSR count). The molecule has 0 bridgehead atoms. The van der Waals surface area contributed by atoms with Crippen molar-refractivity contribution in [3.8, 4) is 0 Å². The lowest BCUT2D eigenvalue weighted by Crippen LogP contribution is -2.43. The summed E-state index contributed by atoms with van der Waals surface area (Å²) in [6, 6.07) is 0.953. The molecule has 1 aliphatic heterocycles. The van der Waals surface area contributed by atoms with Gasteiger partial charge in [0.05, 0.1) is 13.5 Å². The minimum atomic E-state index is -0.108. The molecule has 0 aromatic rings. The molecule has 1 heterocycles. The quantitative estimate of drug-likeness (QED) is 0.792. The molecule has 1 saturated carbocycles. The van der Waals surface area contributed by atoms with Gasteiger partial charge < -0.3 is 10.1 Å². The number of ether oxygens (including phenoxy) is 1. The summed E-state index contributed by atoms with van der Waals surface area (Å²) in [5.74, 6) is -0.108. The van der Waals surface area contributed by atoms with Crippen LogP contribution in [0.3, 0.4) is 0 Å². The average molecular weight is 268 g/mol. The number of rotatable bonds is 3. The summed E-state index contributed by atoms with van der Waals surface area (Å²) in [5.41, 5.74) is 0.271. The Labute approximate surface area is 116 Å². The van der Waals surface area contributed by atoms with E-state index in [1.165, 1.54) is 32.8 Å². The van der Waals surface area contributed by atoms with Crippen LogP contribution in [0.15, 0.2) is 0 Å². The molecule has 1 N–H and O–H groups in total. The lowest BCUT2D eigenvalue weighted by Gasteiger charge is -2.33. The summed E-state index contributed by atoms with van der Waals surface area (Å²) in [4.78, 5) is 14.1. The fourth-order valence-electron chi connectivity index (χ4n) is 3.41. The van der Waals surface area contributed by atoms with Gasteiger partial charge in [0.15, 0.2) is 0 Å². The second kappa shape index (κ2) is 6.23. The number of nitrogens with zero attached hydrogens (tertiary/aromatic N) is 1. The summed E-state index contributed by atoms with van der Waals surface area (Å²) in [6.07, 6.45) is 5.84. The Hall–Kier alpha value is -0.610. The lowest BCUT2D eigenvalue weighted by molar-refractivity contribution is -0.141. The third-order valence-electron chi connectivity index (χ3n) is 4.44. The maximum atomic E-state index is 11.5. The van der Waals surface area contributed by atoms with Gasteiger partial charge in [-0.05, 0) is 18.3 Å². The van der Waals surface area contributed by atoms with Crippen molar-refractivity contribution in [2.45, 2.75) is 58.0 Å². The molecule has 1 atom stereocenters. The molecule has 1 unspecified atom stereocenters. The molecule has 1 saturated heterocycles. The fourth-order valence-corrected chi connectivity index (χ4v) is 3.41. The van der Waals surface area contributed by atoms with Crippen LogP contribution in [0.25, 0.3) is 0 Å². The van der Waals surface area contributed by atoms with E-state index in [1.54, 1.807) is 0 Å². The van der Waals surface area contributed by atoms with Gasteiger partial charge in [-0.3, -0.25) is 9.69 Å². The van der Waals surface area contributed by atoms with E-state index in [4.69, 9.17) is 4.74 Å². The molecule has 1 aliphatic carbocycles. The van der Waals surface area contributed by atoms with E-state index in [2.05, 4.69) is 24.1 Å². The molecule has 0 spiro atoms. The predicted octanol–water partition coefficient (Wildman–Crippen LogP) is 1.79. The summed E-state index contributed by atoms with van der Waals surface area (Å²) >= 11 is 0. The highest BCUT2D eigenvalue weighted by Gasteiger charge is 2.34. The first kappa shape index (κ1) is 14.8. The van der Waals surface area contributed by atoms with E-state index in [-0.39, 0.29) is 17.4 Å². The Morgan fingerprint density at radius 3 is 2.68 bits per heavy atom. The molecule has 2 aliphatic rings. The number of hydrogen-bond donors (Lipinski definition) is 1. The Bertz CT molecular complexity index is 311. The zero-order chi connectivity index (χ0) is 13.9. The third-order valence-corrected chi connectivity index (χ3v) is 4.44. The normalized spacial score (nSPS) is 29.1. The molecule has 0 aromatic heterocycles. The summed E-state index contributed by atoms with van der Waals surface area (Å²) < 4.78 is 4.81. The van der Waals surface area contributed by atoms with E-state index >= 15 is 0 Å². The van der Waals surface area contributed by atoms with Gasteiger partial charge in [0.1, 0.15) is 0 Å². The topological polar surface area (TPSA) is 41.6 Å². The van der Waals surface area contributed by atoms with Gasteiger partial charge in [0.25, 0.3) is 0 Å². The Balaban J connectivity index is 2.01. The van der Waals surface area contributed by atoms with Crippen molar-refractivity contribution < 1.29 is 9.53 Å². The van der Waals surface area contributed by atoms with E-state index in [1.807, 2.05) is 0 Å². The van der Waals surface area contributed by atoms with E-state index in [0.717, 1.165) is 25.7 Å². The Morgan fingerprint density at radius 1 is 1.37 bits per heavy atom. The standard InChI is InChI=1S/C15H28N2O2/c1-15(2)10-16-12(8-14(18)19-3)9-17(11-15)13-6-4-5-7-13/h12-13,16H,4-11H2,1-3H3. The Morgan fingerprint density at radius 2 is 2.05 bits per heavy atom. The van der Waals surface area contributed by atoms with Gasteiger partial charge in [-0.2, -0.15) is 0 Å². The number of nitrogens with one attached hydrogen (secondary N) is 1. The molecule has 4 nitrogen and oxygen atoms in total. The summed E-state index contributed by atoms with van der Waals surface area (Å²) in [7, 11) is 1.47. The van der Waals surface area contributed by atoms with Crippen molar-refractivity contribution in [2.24, 2.45) is 5.41 Å². The first-order valence-electron chi connectivity index (χ1n) is 7.54. The molecular weight excluding hydrogens is 240 g/mol. The zero-order valence-electron chi connectivity index (χ0n) is 12.6. The number of carbonyl (C=O) groups excluding carboxylic acids is 1. The Kier molecular flexibility index (Phi) is 4.85. The van der Waals surface area contributed by atoms with Crippen LogP contribution in [0, 0.1) is 5.41 Å². The lowest BCUT2D eigenvalue weighted by atomic mass is 9.92. The van der Waals surface area contributed by atoms with Crippen LogP contribution in [0.4, 0.5) is 0 Å². The largest absolute Gasteiger partial charge is 0.469 e. The maximum Gasteiger partial charge on any atom is 0.307 e. The fraction of sp³-hybridized carbons (Fsp3) is 0.933. The van der Waals surface area contributed by atoms with Crippen LogP contribution in [-0.4, -0.2) is 49.7 Å². The minimum Gasteiger partial charge on any atom is -0.469 e. The minimum absolute atomic E-state index is 0.108. The second-order valence-electron chi connectivity index (χ2n) is 6.89. The van der Waals surface area contributed by atoms with Gasteiger partial charge in [-0.15, -0.1) is 0 Å². The number of carbonyl (C=O) groups is 1. The van der Waals surface area contributed by atoms with E-state index < -0.39 is 0 Å². The van der Waals surface area contributed by atoms with Gasteiger partial charge in [-0.1, -0.05) is 26.7 Å². The van der Waals surface area contributed by atoms with Crippen molar-refractivity contribution in [3.63, 3.8) is 0 Å². The van der Waals surface area contributed by atoms with E-state index in [9.17, 15) is 4.79 Å². The number of hydrogen-bond acceptors (Lipinski definition) is 4. The van der Waals surface area contributed by atoms with Crippen molar-refractivity contribution in [3.05, 3.63) is 0 Å². The molecule has 19 heavy (non-hydrogen) atoms.